The predicted molar refractivity (Wildman–Crippen MR) is 47.8 cm³/mol. The number of aromatic nitrogens is 3. The molecule has 0 aromatic carbocycles. The molecule has 2 aromatic heterocycles. The highest BCUT2D eigenvalue weighted by molar-refractivity contribution is 6.36. The van der Waals surface area contributed by atoms with Crippen LogP contribution in [0.15, 0.2) is 12.1 Å². The third-order valence-corrected chi connectivity index (χ3v) is 1.82. The molecule has 0 saturated carbocycles. The van der Waals surface area contributed by atoms with Gasteiger partial charge in [-0.25, -0.2) is 4.52 Å². The van der Waals surface area contributed by atoms with Gasteiger partial charge in [-0.15, -0.1) is 5.10 Å². The average molecular weight is 212 g/mol. The molecule has 0 aliphatic carbocycles. The number of nitrogens with zero attached hydrogens (tertiary/aromatic N) is 3. The number of hydrogen-bond acceptors (Lipinski definition) is 3. The summed E-state index contributed by atoms with van der Waals surface area (Å²) in [5.74, 6) is -0.251. The maximum atomic E-state index is 12.5. The quantitative estimate of drug-likeness (QED) is 0.631. The van der Waals surface area contributed by atoms with Crippen LogP contribution in [0.25, 0.3) is 5.65 Å². The molecule has 2 rings (SSSR count). The van der Waals surface area contributed by atoms with Crippen molar-refractivity contribution in [1.82, 2.24) is 14.6 Å². The Morgan fingerprint density at radius 1 is 1.33 bits per heavy atom. The second-order valence-electron chi connectivity index (χ2n) is 2.88. The Morgan fingerprint density at radius 3 is 2.60 bits per heavy atom. The van der Waals surface area contributed by atoms with Gasteiger partial charge in [-0.05, 0) is 6.07 Å². The molecule has 76 valence electrons. The van der Waals surface area contributed by atoms with Gasteiger partial charge in [0.2, 0.25) is 5.95 Å². The number of halogens is 3. The van der Waals surface area contributed by atoms with E-state index in [1.54, 1.807) is 0 Å². The molecule has 2 heterocycles. The van der Waals surface area contributed by atoms with Gasteiger partial charge in [-0.2, -0.15) is 18.2 Å². The smallest absolute Gasteiger partial charge is 0.366 e. The van der Waals surface area contributed by atoms with Crippen LogP contribution in [0.4, 0.5) is 19.1 Å². The van der Waals surface area contributed by atoms with E-state index in [1.165, 1.54) is 0 Å². The lowest BCUT2D eigenvalue weighted by Crippen LogP contribution is -2.17. The minimum Gasteiger partial charge on any atom is -0.366 e. The van der Waals surface area contributed by atoms with Gasteiger partial charge >= 0.3 is 6.18 Å². The minimum atomic E-state index is -4.52. The number of rotatable bonds is 0. The standard InChI is InChI=1S/C7H4BF3N4/c8-3-1-2-4(7(9,10)11)15-5(3)13-6(12)14-15/h1-2H,(H2,12,14). The molecule has 0 saturated heterocycles. The lowest BCUT2D eigenvalue weighted by atomic mass is 9.97. The molecular formula is C7H4BF3N4. The molecule has 0 aliphatic heterocycles. The fraction of sp³-hybridized carbons (Fsp3) is 0.143. The van der Waals surface area contributed by atoms with Crippen LogP contribution < -0.4 is 11.2 Å². The lowest BCUT2D eigenvalue weighted by molar-refractivity contribution is -0.142. The van der Waals surface area contributed by atoms with E-state index in [1.807, 2.05) is 0 Å². The van der Waals surface area contributed by atoms with Crippen LogP contribution in [0.5, 0.6) is 0 Å². The van der Waals surface area contributed by atoms with Crippen LogP contribution in [-0.2, 0) is 6.18 Å². The molecule has 2 radical (unpaired) electrons. The molecule has 0 unspecified atom stereocenters. The Kier molecular flexibility index (Phi) is 1.88. The number of hydrogen-bond donors (Lipinski definition) is 1. The SMILES string of the molecule is [B]c1ccc(C(F)(F)F)n2nc(N)nc12. The van der Waals surface area contributed by atoms with E-state index >= 15 is 0 Å². The lowest BCUT2D eigenvalue weighted by Gasteiger charge is -2.08. The predicted octanol–water partition coefficient (Wildman–Crippen LogP) is 0.124. The summed E-state index contributed by atoms with van der Waals surface area (Å²) >= 11 is 0. The maximum Gasteiger partial charge on any atom is 0.433 e. The average Bonchev–Trinajstić information content (AvgIpc) is 2.45. The summed E-state index contributed by atoms with van der Waals surface area (Å²) < 4.78 is 38.1. The van der Waals surface area contributed by atoms with Gasteiger partial charge in [-0.1, -0.05) is 11.5 Å². The second kappa shape index (κ2) is 2.88. The van der Waals surface area contributed by atoms with E-state index < -0.39 is 11.9 Å². The van der Waals surface area contributed by atoms with Crippen molar-refractivity contribution < 1.29 is 13.2 Å². The highest BCUT2D eigenvalue weighted by Gasteiger charge is 2.34. The molecule has 0 fully saturated rings. The summed E-state index contributed by atoms with van der Waals surface area (Å²) in [4.78, 5) is 3.59. The van der Waals surface area contributed by atoms with Gasteiger partial charge in [-0.3, -0.25) is 0 Å². The van der Waals surface area contributed by atoms with Crippen LogP contribution >= 0.6 is 0 Å². The third-order valence-electron chi connectivity index (χ3n) is 1.82. The Bertz CT molecular complexity index is 519. The van der Waals surface area contributed by atoms with E-state index in [0.717, 1.165) is 12.1 Å². The van der Waals surface area contributed by atoms with Gasteiger partial charge in [0, 0.05) is 0 Å². The molecule has 0 bridgehead atoms. The third kappa shape index (κ3) is 1.51. The zero-order valence-electron chi connectivity index (χ0n) is 7.28. The zero-order valence-corrected chi connectivity index (χ0v) is 7.28. The molecule has 0 atom stereocenters. The first kappa shape index (κ1) is 9.82. The van der Waals surface area contributed by atoms with E-state index in [4.69, 9.17) is 13.6 Å². The fourth-order valence-corrected chi connectivity index (χ4v) is 1.21. The van der Waals surface area contributed by atoms with Crippen molar-refractivity contribution in [1.29, 1.82) is 0 Å². The summed E-state index contributed by atoms with van der Waals surface area (Å²) in [5, 5.41) is 3.42. The highest BCUT2D eigenvalue weighted by atomic mass is 19.4. The Balaban J connectivity index is 2.83. The molecular weight excluding hydrogens is 208 g/mol. The monoisotopic (exact) mass is 212 g/mol. The summed E-state index contributed by atoms with van der Waals surface area (Å²) in [7, 11) is 5.44. The number of alkyl halides is 3. The first-order valence-corrected chi connectivity index (χ1v) is 3.87. The van der Waals surface area contributed by atoms with Crippen molar-refractivity contribution in [3.8, 4) is 0 Å². The van der Waals surface area contributed by atoms with Gasteiger partial charge in [0.15, 0.2) is 5.65 Å². The van der Waals surface area contributed by atoms with Crippen LogP contribution in [0.3, 0.4) is 0 Å². The molecule has 0 spiro atoms. The molecule has 0 aliphatic rings. The first-order chi connectivity index (χ1) is 6.89. The minimum absolute atomic E-state index is 0.0900. The number of pyridine rings is 1. The molecule has 0 amide bonds. The van der Waals surface area contributed by atoms with Gasteiger partial charge in [0.1, 0.15) is 13.5 Å². The summed E-state index contributed by atoms with van der Waals surface area (Å²) in [5.41, 5.74) is 4.24. The van der Waals surface area contributed by atoms with E-state index in [-0.39, 0.29) is 17.1 Å². The maximum absolute atomic E-state index is 12.5. The van der Waals surface area contributed by atoms with Crippen molar-refractivity contribution in [3.63, 3.8) is 0 Å². The van der Waals surface area contributed by atoms with Crippen LogP contribution in [0.1, 0.15) is 5.69 Å². The normalized spacial score (nSPS) is 12.2. The Labute approximate surface area is 83.3 Å². The van der Waals surface area contributed by atoms with Crippen LogP contribution in [0.2, 0.25) is 0 Å². The number of anilines is 1. The first-order valence-electron chi connectivity index (χ1n) is 3.87. The zero-order chi connectivity index (χ0) is 11.2. The molecule has 2 aromatic rings. The topological polar surface area (TPSA) is 56.2 Å². The summed E-state index contributed by atoms with van der Waals surface area (Å²) in [6.07, 6.45) is -4.52. The van der Waals surface area contributed by atoms with Crippen molar-refractivity contribution in [2.24, 2.45) is 0 Å². The van der Waals surface area contributed by atoms with Gasteiger partial charge in [0.25, 0.3) is 0 Å². The van der Waals surface area contributed by atoms with Crippen molar-refractivity contribution in [3.05, 3.63) is 17.8 Å². The fourth-order valence-electron chi connectivity index (χ4n) is 1.21. The van der Waals surface area contributed by atoms with E-state index in [2.05, 4.69) is 10.1 Å². The number of nitrogens with two attached hydrogens (primary N) is 1. The highest BCUT2D eigenvalue weighted by Crippen LogP contribution is 2.28. The summed E-state index contributed by atoms with van der Waals surface area (Å²) in [6.45, 7) is 0. The van der Waals surface area contributed by atoms with E-state index in [0.29, 0.717) is 4.52 Å². The van der Waals surface area contributed by atoms with Crippen LogP contribution in [0, 0.1) is 0 Å². The van der Waals surface area contributed by atoms with Crippen molar-refractivity contribution in [2.75, 3.05) is 5.73 Å². The van der Waals surface area contributed by atoms with Crippen LogP contribution in [-0.4, -0.2) is 22.4 Å². The Hall–Kier alpha value is -1.73. The summed E-state index contributed by atoms with van der Waals surface area (Å²) in [6, 6.07) is 1.95. The van der Waals surface area contributed by atoms with E-state index in [9.17, 15) is 13.2 Å². The number of nitrogen functional groups attached to an aromatic ring is 1. The second-order valence-corrected chi connectivity index (χ2v) is 2.88. The molecule has 2 N–H and O–H groups in total. The van der Waals surface area contributed by atoms with Gasteiger partial charge in [0.05, 0.1) is 0 Å². The molecule has 4 nitrogen and oxygen atoms in total. The molecule has 8 heteroatoms. The largest absolute Gasteiger partial charge is 0.433 e. The number of fused-ring (bicyclic) bond motifs is 1. The van der Waals surface area contributed by atoms with Crippen molar-refractivity contribution >= 4 is 24.9 Å². The van der Waals surface area contributed by atoms with Gasteiger partial charge < -0.3 is 5.73 Å². The Morgan fingerprint density at radius 2 is 2.00 bits per heavy atom. The van der Waals surface area contributed by atoms with Crippen molar-refractivity contribution in [2.45, 2.75) is 6.18 Å². The molecule has 15 heavy (non-hydrogen) atoms.